The molecule has 31 heavy (non-hydrogen) atoms. The molecule has 0 unspecified atom stereocenters. The zero-order chi connectivity index (χ0) is 21.6. The van der Waals surface area contributed by atoms with Crippen LogP contribution in [0.25, 0.3) is 16.0 Å². The van der Waals surface area contributed by atoms with E-state index in [1.54, 1.807) is 0 Å². The molecule has 0 saturated carbocycles. The van der Waals surface area contributed by atoms with E-state index in [1.165, 1.54) is 20.7 Å². The molecule has 0 N–H and O–H groups in total. The molecule has 4 aromatic rings. The molecule has 0 radical (unpaired) electrons. The fourth-order valence-electron chi connectivity index (χ4n) is 5.02. The molecular weight excluding hydrogens is 392 g/mol. The predicted molar refractivity (Wildman–Crippen MR) is 130 cm³/mol. The van der Waals surface area contributed by atoms with E-state index in [2.05, 4.69) is 83.7 Å². The standard InChI is InChI=1S/C28H20N2Si/c1-19-14-27-24(16-21(19)18-29)25-17-26(30-3)20(2)15-28(25)31(27,22-10-6-4-7-11-22)23-12-8-5-9-13-23/h4-17H,1-2H3. The number of rotatable bonds is 2. The van der Waals surface area contributed by atoms with Crippen molar-refractivity contribution in [3.63, 3.8) is 0 Å². The lowest BCUT2D eigenvalue weighted by Gasteiger charge is -2.31. The maximum atomic E-state index is 9.72. The van der Waals surface area contributed by atoms with Gasteiger partial charge in [0.25, 0.3) is 0 Å². The second-order valence-corrected chi connectivity index (χ2v) is 11.8. The molecule has 0 fully saturated rings. The van der Waals surface area contributed by atoms with Crippen LogP contribution in [0.15, 0.2) is 84.9 Å². The van der Waals surface area contributed by atoms with Gasteiger partial charge in [0.1, 0.15) is 0 Å². The van der Waals surface area contributed by atoms with Gasteiger partial charge in [-0.25, -0.2) is 4.85 Å². The lowest BCUT2D eigenvalue weighted by Crippen LogP contribution is -2.72. The van der Waals surface area contributed by atoms with Gasteiger partial charge in [0, 0.05) is 0 Å². The van der Waals surface area contributed by atoms with Crippen LogP contribution in [0.1, 0.15) is 16.7 Å². The first kappa shape index (κ1) is 19.1. The SMILES string of the molecule is [C-]#[N+]c1cc2c(cc1C)[Si](c1ccccc1)(c1ccccc1)c1cc(C)c(C#N)cc1-2. The van der Waals surface area contributed by atoms with Crippen LogP contribution in [0, 0.1) is 31.8 Å². The molecule has 1 heterocycles. The summed E-state index contributed by atoms with van der Waals surface area (Å²) in [7, 11) is -2.57. The minimum Gasteiger partial charge on any atom is -0.238 e. The third kappa shape index (κ3) is 2.61. The Morgan fingerprint density at radius 3 is 1.77 bits per heavy atom. The van der Waals surface area contributed by atoms with Crippen molar-refractivity contribution in [1.82, 2.24) is 0 Å². The summed E-state index contributed by atoms with van der Waals surface area (Å²) in [6.45, 7) is 11.7. The first-order chi connectivity index (χ1) is 15.1. The van der Waals surface area contributed by atoms with E-state index < -0.39 is 8.07 Å². The summed E-state index contributed by atoms with van der Waals surface area (Å²) in [4.78, 5) is 3.77. The third-order valence-electron chi connectivity index (χ3n) is 6.45. The maximum Gasteiger partial charge on any atom is 0.190 e. The number of nitriles is 1. The van der Waals surface area contributed by atoms with E-state index in [0.29, 0.717) is 11.3 Å². The Labute approximate surface area is 183 Å². The molecule has 146 valence electrons. The summed E-state index contributed by atoms with van der Waals surface area (Å²) in [5, 5.41) is 15.0. The predicted octanol–water partition coefficient (Wildman–Crippen LogP) is 4.08. The first-order valence-electron chi connectivity index (χ1n) is 10.3. The maximum absolute atomic E-state index is 9.72. The summed E-state index contributed by atoms with van der Waals surface area (Å²) in [6, 6.07) is 32.4. The van der Waals surface area contributed by atoms with Gasteiger partial charge in [-0.3, -0.25) is 0 Å². The summed E-state index contributed by atoms with van der Waals surface area (Å²) < 4.78 is 0. The van der Waals surface area contributed by atoms with Crippen molar-refractivity contribution >= 4 is 34.5 Å². The molecule has 4 aromatic carbocycles. The van der Waals surface area contributed by atoms with Gasteiger partial charge >= 0.3 is 0 Å². The molecule has 1 aliphatic heterocycles. The fraction of sp³-hybridized carbons (Fsp3) is 0.0714. The van der Waals surface area contributed by atoms with Crippen molar-refractivity contribution in [3.8, 4) is 17.2 Å². The van der Waals surface area contributed by atoms with E-state index in [1.807, 2.05) is 26.0 Å². The molecule has 0 spiro atoms. The molecule has 0 amide bonds. The Kier molecular flexibility index (Phi) is 4.36. The second-order valence-electron chi connectivity index (χ2n) is 8.10. The number of nitrogens with zero attached hydrogens (tertiary/aromatic N) is 2. The molecule has 0 aliphatic carbocycles. The van der Waals surface area contributed by atoms with E-state index in [9.17, 15) is 5.26 Å². The topological polar surface area (TPSA) is 28.1 Å². The van der Waals surface area contributed by atoms with Crippen LogP contribution in [-0.2, 0) is 0 Å². The molecule has 0 atom stereocenters. The Morgan fingerprint density at radius 1 is 0.742 bits per heavy atom. The third-order valence-corrected chi connectivity index (χ3v) is 11.3. The highest BCUT2D eigenvalue weighted by Gasteiger charge is 2.49. The van der Waals surface area contributed by atoms with Crippen LogP contribution in [0.4, 0.5) is 5.69 Å². The van der Waals surface area contributed by atoms with E-state index in [4.69, 9.17) is 6.57 Å². The number of aryl methyl sites for hydroxylation is 2. The van der Waals surface area contributed by atoms with Gasteiger partial charge in [0.2, 0.25) is 0 Å². The fourth-order valence-corrected chi connectivity index (χ4v) is 10.4. The molecule has 3 heteroatoms. The lowest BCUT2D eigenvalue weighted by atomic mass is 9.99. The average molecular weight is 413 g/mol. The molecular formula is C28H20N2Si. The van der Waals surface area contributed by atoms with Crippen LogP contribution in [0.2, 0.25) is 0 Å². The molecule has 1 aliphatic rings. The molecule has 2 nitrogen and oxygen atoms in total. The average Bonchev–Trinajstić information content (AvgIpc) is 3.07. The molecule has 0 bridgehead atoms. The van der Waals surface area contributed by atoms with Crippen molar-refractivity contribution < 1.29 is 0 Å². The van der Waals surface area contributed by atoms with Crippen molar-refractivity contribution in [2.75, 3.05) is 0 Å². The monoisotopic (exact) mass is 412 g/mol. The minimum atomic E-state index is -2.57. The quantitative estimate of drug-likeness (QED) is 0.317. The Morgan fingerprint density at radius 2 is 1.26 bits per heavy atom. The summed E-state index contributed by atoms with van der Waals surface area (Å²) in [5.74, 6) is 0. The summed E-state index contributed by atoms with van der Waals surface area (Å²) in [6.07, 6.45) is 0. The van der Waals surface area contributed by atoms with Crippen molar-refractivity contribution in [2.24, 2.45) is 0 Å². The largest absolute Gasteiger partial charge is 0.238 e. The lowest BCUT2D eigenvalue weighted by molar-refractivity contribution is 1.41. The number of benzene rings is 4. The number of fused-ring (bicyclic) bond motifs is 3. The van der Waals surface area contributed by atoms with E-state index in [0.717, 1.165) is 22.3 Å². The highest BCUT2D eigenvalue weighted by atomic mass is 28.3. The minimum absolute atomic E-state index is 0.676. The Bertz CT molecular complexity index is 1300. The number of hydrogen-bond acceptors (Lipinski definition) is 1. The van der Waals surface area contributed by atoms with Crippen LogP contribution >= 0.6 is 0 Å². The van der Waals surface area contributed by atoms with Crippen LogP contribution in [0.5, 0.6) is 0 Å². The summed E-state index contributed by atoms with van der Waals surface area (Å²) >= 11 is 0. The van der Waals surface area contributed by atoms with Gasteiger partial charge in [0.15, 0.2) is 13.8 Å². The first-order valence-corrected chi connectivity index (χ1v) is 12.3. The van der Waals surface area contributed by atoms with Gasteiger partial charge in [-0.2, -0.15) is 5.26 Å². The zero-order valence-corrected chi connectivity index (χ0v) is 18.5. The smallest absolute Gasteiger partial charge is 0.190 e. The Hall–Kier alpha value is -3.92. The van der Waals surface area contributed by atoms with E-state index >= 15 is 0 Å². The highest BCUT2D eigenvalue weighted by molar-refractivity contribution is 7.22. The van der Waals surface area contributed by atoms with Gasteiger partial charge in [-0.05, 0) is 69.0 Å². The number of hydrogen-bond donors (Lipinski definition) is 0. The van der Waals surface area contributed by atoms with Crippen molar-refractivity contribution in [2.45, 2.75) is 13.8 Å². The molecule has 0 aromatic heterocycles. The van der Waals surface area contributed by atoms with Crippen LogP contribution < -0.4 is 20.7 Å². The highest BCUT2D eigenvalue weighted by Crippen LogP contribution is 2.34. The second kappa shape index (κ2) is 7.09. The normalized spacial score (nSPS) is 13.0. The van der Waals surface area contributed by atoms with Gasteiger partial charge in [-0.15, -0.1) is 0 Å². The van der Waals surface area contributed by atoms with Gasteiger partial charge in [0.05, 0.1) is 18.2 Å². The van der Waals surface area contributed by atoms with Gasteiger partial charge < -0.3 is 0 Å². The molecule has 0 saturated heterocycles. The van der Waals surface area contributed by atoms with Crippen molar-refractivity contribution in [1.29, 1.82) is 5.26 Å². The molecule has 5 rings (SSSR count). The van der Waals surface area contributed by atoms with Crippen LogP contribution in [-0.4, -0.2) is 8.07 Å². The van der Waals surface area contributed by atoms with Crippen molar-refractivity contribution in [3.05, 3.63) is 113 Å². The Balaban J connectivity index is 2.02. The van der Waals surface area contributed by atoms with Gasteiger partial charge in [-0.1, -0.05) is 72.8 Å². The van der Waals surface area contributed by atoms with E-state index in [-0.39, 0.29) is 0 Å². The zero-order valence-electron chi connectivity index (χ0n) is 17.5. The van der Waals surface area contributed by atoms with Crippen LogP contribution in [0.3, 0.4) is 0 Å². The summed E-state index contributed by atoms with van der Waals surface area (Å²) in [5.41, 5.74) is 5.57.